The number of anilines is 2. The van der Waals surface area contributed by atoms with Crippen LogP contribution in [0.2, 0.25) is 5.15 Å². The van der Waals surface area contributed by atoms with Gasteiger partial charge in [0.25, 0.3) is 0 Å². The van der Waals surface area contributed by atoms with Gasteiger partial charge in [0.1, 0.15) is 17.3 Å². The molecule has 0 aliphatic rings. The van der Waals surface area contributed by atoms with Crippen LogP contribution in [0.1, 0.15) is 5.56 Å². The predicted molar refractivity (Wildman–Crippen MR) is 79.0 cm³/mol. The van der Waals surface area contributed by atoms with Crippen molar-refractivity contribution in [2.45, 2.75) is 6.92 Å². The molecule has 4 heteroatoms. The Morgan fingerprint density at radius 1 is 1.00 bits per heavy atom. The number of aromatic nitrogens is 2. The third-order valence-electron chi connectivity index (χ3n) is 3.03. The van der Waals surface area contributed by atoms with Crippen molar-refractivity contribution in [3.8, 4) is 0 Å². The summed E-state index contributed by atoms with van der Waals surface area (Å²) in [6, 6.07) is 14.4. The Bertz CT molecular complexity index is 740. The highest BCUT2D eigenvalue weighted by Crippen LogP contribution is 2.24. The Balaban J connectivity index is 1.99. The molecule has 94 valence electrons. The smallest absolute Gasteiger partial charge is 0.138 e. The number of nitrogens with zero attached hydrogens (tertiary/aromatic N) is 2. The van der Waals surface area contributed by atoms with Crippen molar-refractivity contribution in [2.75, 3.05) is 5.32 Å². The lowest BCUT2D eigenvalue weighted by Crippen LogP contribution is -1.98. The first kappa shape index (κ1) is 11.9. The fraction of sp³-hybridized carbons (Fsp3) is 0.0667. The molecule has 0 aliphatic heterocycles. The van der Waals surface area contributed by atoms with Crippen molar-refractivity contribution in [2.24, 2.45) is 0 Å². The van der Waals surface area contributed by atoms with Crippen molar-refractivity contribution in [1.29, 1.82) is 0 Å². The van der Waals surface area contributed by atoms with E-state index in [1.54, 1.807) is 0 Å². The molecular weight excluding hydrogens is 258 g/mol. The van der Waals surface area contributed by atoms with Crippen LogP contribution < -0.4 is 5.32 Å². The molecule has 0 unspecified atom stereocenters. The first-order valence-electron chi connectivity index (χ1n) is 5.97. The van der Waals surface area contributed by atoms with Crippen LogP contribution in [0, 0.1) is 6.92 Å². The second-order valence-electron chi connectivity index (χ2n) is 4.33. The molecule has 0 bridgehead atoms. The van der Waals surface area contributed by atoms with Gasteiger partial charge >= 0.3 is 0 Å². The zero-order valence-electron chi connectivity index (χ0n) is 10.4. The van der Waals surface area contributed by atoms with Gasteiger partial charge in [-0.15, -0.1) is 0 Å². The van der Waals surface area contributed by atoms with E-state index in [2.05, 4.69) is 39.6 Å². The molecule has 19 heavy (non-hydrogen) atoms. The summed E-state index contributed by atoms with van der Waals surface area (Å²) >= 11 is 5.98. The molecule has 0 fully saturated rings. The highest BCUT2D eigenvalue weighted by Gasteiger charge is 2.05. The summed E-state index contributed by atoms with van der Waals surface area (Å²) in [7, 11) is 0. The topological polar surface area (TPSA) is 37.8 Å². The number of nitrogens with one attached hydrogen (secondary N) is 1. The lowest BCUT2D eigenvalue weighted by molar-refractivity contribution is 1.13. The van der Waals surface area contributed by atoms with Gasteiger partial charge < -0.3 is 5.32 Å². The van der Waals surface area contributed by atoms with Gasteiger partial charge in [0.2, 0.25) is 0 Å². The predicted octanol–water partition coefficient (Wildman–Crippen LogP) is 4.34. The maximum Gasteiger partial charge on any atom is 0.138 e. The highest BCUT2D eigenvalue weighted by atomic mass is 35.5. The second-order valence-corrected chi connectivity index (χ2v) is 4.68. The van der Waals surface area contributed by atoms with Crippen molar-refractivity contribution in [3.05, 3.63) is 59.5 Å². The van der Waals surface area contributed by atoms with Gasteiger partial charge in [0.05, 0.1) is 0 Å². The van der Waals surface area contributed by atoms with E-state index in [-0.39, 0.29) is 0 Å². The monoisotopic (exact) mass is 269 g/mol. The van der Waals surface area contributed by atoms with E-state index in [1.807, 2.05) is 25.1 Å². The summed E-state index contributed by atoms with van der Waals surface area (Å²) in [6.45, 7) is 1.89. The van der Waals surface area contributed by atoms with Gasteiger partial charge in [0, 0.05) is 11.3 Å². The Morgan fingerprint density at radius 2 is 1.79 bits per heavy atom. The van der Waals surface area contributed by atoms with Gasteiger partial charge in [0.15, 0.2) is 0 Å². The Morgan fingerprint density at radius 3 is 2.63 bits per heavy atom. The van der Waals surface area contributed by atoms with Gasteiger partial charge in [-0.2, -0.15) is 0 Å². The zero-order valence-corrected chi connectivity index (χ0v) is 11.1. The number of halogens is 1. The average molecular weight is 270 g/mol. The molecule has 1 N–H and O–H groups in total. The number of benzene rings is 2. The molecule has 0 aliphatic carbocycles. The maximum atomic E-state index is 5.98. The number of hydrogen-bond acceptors (Lipinski definition) is 3. The Hall–Kier alpha value is -2.13. The van der Waals surface area contributed by atoms with E-state index < -0.39 is 0 Å². The van der Waals surface area contributed by atoms with E-state index in [0.29, 0.717) is 5.15 Å². The van der Waals surface area contributed by atoms with Crippen LogP contribution in [-0.2, 0) is 0 Å². The first-order chi connectivity index (χ1) is 9.24. The van der Waals surface area contributed by atoms with Crippen molar-refractivity contribution >= 4 is 33.9 Å². The first-order valence-corrected chi connectivity index (χ1v) is 6.35. The van der Waals surface area contributed by atoms with E-state index in [0.717, 1.165) is 17.1 Å². The second kappa shape index (κ2) is 4.86. The zero-order chi connectivity index (χ0) is 13.2. The van der Waals surface area contributed by atoms with Crippen molar-refractivity contribution in [1.82, 2.24) is 9.97 Å². The highest BCUT2D eigenvalue weighted by molar-refractivity contribution is 6.30. The van der Waals surface area contributed by atoms with Crippen LogP contribution in [0.3, 0.4) is 0 Å². The minimum atomic E-state index is 0.471. The molecule has 0 radical (unpaired) electrons. The molecule has 1 aromatic heterocycles. The van der Waals surface area contributed by atoms with Gasteiger partial charge in [-0.25, -0.2) is 9.97 Å². The van der Waals surface area contributed by atoms with Gasteiger partial charge in [-0.1, -0.05) is 41.9 Å². The molecule has 0 saturated carbocycles. The van der Waals surface area contributed by atoms with Crippen LogP contribution in [0.25, 0.3) is 10.8 Å². The molecule has 3 aromatic rings. The summed E-state index contributed by atoms with van der Waals surface area (Å²) < 4.78 is 0. The Labute approximate surface area is 116 Å². The lowest BCUT2D eigenvalue weighted by Gasteiger charge is -2.09. The summed E-state index contributed by atoms with van der Waals surface area (Å²) in [5, 5.41) is 6.14. The molecule has 0 spiro atoms. The quantitative estimate of drug-likeness (QED) is 0.704. The SMILES string of the molecule is Cc1c(Cl)ncnc1Nc1ccc2ccccc2c1. The van der Waals surface area contributed by atoms with E-state index in [9.17, 15) is 0 Å². The molecule has 0 atom stereocenters. The van der Waals surface area contributed by atoms with Crippen LogP contribution in [-0.4, -0.2) is 9.97 Å². The van der Waals surface area contributed by atoms with Gasteiger partial charge in [-0.05, 0) is 29.8 Å². The summed E-state index contributed by atoms with van der Waals surface area (Å²) in [5.41, 5.74) is 1.83. The fourth-order valence-electron chi connectivity index (χ4n) is 1.96. The molecule has 2 aromatic carbocycles. The fourth-order valence-corrected chi connectivity index (χ4v) is 2.09. The third kappa shape index (κ3) is 2.37. The average Bonchev–Trinajstić information content (AvgIpc) is 2.44. The van der Waals surface area contributed by atoms with E-state index in [4.69, 9.17) is 11.6 Å². The standard InChI is InChI=1S/C15H12ClN3/c1-10-14(16)17-9-18-15(10)19-13-7-6-11-4-2-3-5-12(11)8-13/h2-9H,1H3,(H,17,18,19). The van der Waals surface area contributed by atoms with Crippen LogP contribution >= 0.6 is 11.6 Å². The van der Waals surface area contributed by atoms with Crippen molar-refractivity contribution < 1.29 is 0 Å². The van der Waals surface area contributed by atoms with Gasteiger partial charge in [-0.3, -0.25) is 0 Å². The largest absolute Gasteiger partial charge is 0.340 e. The normalized spacial score (nSPS) is 10.6. The molecular formula is C15H12ClN3. The number of fused-ring (bicyclic) bond motifs is 1. The minimum Gasteiger partial charge on any atom is -0.340 e. The molecule has 3 nitrogen and oxygen atoms in total. The van der Waals surface area contributed by atoms with Crippen molar-refractivity contribution in [3.63, 3.8) is 0 Å². The van der Waals surface area contributed by atoms with Crippen LogP contribution in [0.5, 0.6) is 0 Å². The van der Waals surface area contributed by atoms with E-state index >= 15 is 0 Å². The summed E-state index contributed by atoms with van der Waals surface area (Å²) in [6.07, 6.45) is 1.46. The van der Waals surface area contributed by atoms with Crippen LogP contribution in [0.4, 0.5) is 11.5 Å². The van der Waals surface area contributed by atoms with Crippen LogP contribution in [0.15, 0.2) is 48.8 Å². The minimum absolute atomic E-state index is 0.471. The Kier molecular flexibility index (Phi) is 3.05. The molecule has 3 rings (SSSR count). The summed E-state index contributed by atoms with van der Waals surface area (Å²) in [4.78, 5) is 8.15. The van der Waals surface area contributed by atoms with E-state index in [1.165, 1.54) is 17.1 Å². The molecule has 0 saturated heterocycles. The number of rotatable bonds is 2. The molecule has 0 amide bonds. The maximum absolute atomic E-state index is 5.98. The lowest BCUT2D eigenvalue weighted by atomic mass is 10.1. The third-order valence-corrected chi connectivity index (χ3v) is 3.42. The number of hydrogen-bond donors (Lipinski definition) is 1. The summed E-state index contributed by atoms with van der Waals surface area (Å²) in [5.74, 6) is 0.732. The molecule has 1 heterocycles.